The molecular weight excluding hydrogens is 290 g/mol. The number of benzene rings is 2. The SMILES string of the molecule is CCOc1ccc(-n2nnc(CO)c2-c2ccccc2C)cc1. The minimum absolute atomic E-state index is 0.152. The van der Waals surface area contributed by atoms with Crippen LogP contribution in [-0.2, 0) is 6.61 Å². The van der Waals surface area contributed by atoms with Gasteiger partial charge < -0.3 is 9.84 Å². The molecule has 3 rings (SSSR count). The highest BCUT2D eigenvalue weighted by Crippen LogP contribution is 2.28. The van der Waals surface area contributed by atoms with Crippen LogP contribution in [0.2, 0.25) is 0 Å². The fourth-order valence-corrected chi connectivity index (χ4v) is 2.56. The van der Waals surface area contributed by atoms with Crippen molar-refractivity contribution >= 4 is 0 Å². The lowest BCUT2D eigenvalue weighted by molar-refractivity contribution is 0.277. The first-order valence-electron chi connectivity index (χ1n) is 7.59. The molecule has 0 unspecified atom stereocenters. The van der Waals surface area contributed by atoms with E-state index in [1.54, 1.807) is 4.68 Å². The Hall–Kier alpha value is -2.66. The van der Waals surface area contributed by atoms with E-state index < -0.39 is 0 Å². The van der Waals surface area contributed by atoms with Crippen molar-refractivity contribution in [2.75, 3.05) is 6.61 Å². The van der Waals surface area contributed by atoms with Crippen molar-refractivity contribution in [1.29, 1.82) is 0 Å². The summed E-state index contributed by atoms with van der Waals surface area (Å²) in [7, 11) is 0. The molecule has 0 saturated carbocycles. The summed E-state index contributed by atoms with van der Waals surface area (Å²) < 4.78 is 7.23. The van der Waals surface area contributed by atoms with Gasteiger partial charge in [0.25, 0.3) is 0 Å². The molecule has 0 amide bonds. The molecule has 0 fully saturated rings. The molecule has 0 aliphatic heterocycles. The second-order valence-corrected chi connectivity index (χ2v) is 5.20. The zero-order chi connectivity index (χ0) is 16.2. The topological polar surface area (TPSA) is 60.2 Å². The first-order chi connectivity index (χ1) is 11.2. The number of hydrogen-bond acceptors (Lipinski definition) is 4. The fourth-order valence-electron chi connectivity index (χ4n) is 2.56. The van der Waals surface area contributed by atoms with E-state index in [-0.39, 0.29) is 6.61 Å². The van der Waals surface area contributed by atoms with Crippen LogP contribution in [0.1, 0.15) is 18.2 Å². The Morgan fingerprint density at radius 1 is 1.09 bits per heavy atom. The van der Waals surface area contributed by atoms with Crippen molar-refractivity contribution in [3.05, 3.63) is 59.8 Å². The normalized spacial score (nSPS) is 10.7. The third-order valence-corrected chi connectivity index (χ3v) is 3.68. The van der Waals surface area contributed by atoms with Crippen LogP contribution < -0.4 is 4.74 Å². The van der Waals surface area contributed by atoms with Crippen LogP contribution in [-0.4, -0.2) is 26.7 Å². The molecule has 5 heteroatoms. The number of aromatic nitrogens is 3. The summed E-state index contributed by atoms with van der Waals surface area (Å²) in [5, 5.41) is 17.9. The lowest BCUT2D eigenvalue weighted by atomic mass is 10.0. The molecule has 1 aromatic heterocycles. The van der Waals surface area contributed by atoms with E-state index in [4.69, 9.17) is 4.74 Å². The molecule has 2 aromatic carbocycles. The van der Waals surface area contributed by atoms with Crippen molar-refractivity contribution in [2.24, 2.45) is 0 Å². The van der Waals surface area contributed by atoms with E-state index in [9.17, 15) is 5.11 Å². The van der Waals surface area contributed by atoms with Gasteiger partial charge in [-0.25, -0.2) is 4.68 Å². The average molecular weight is 309 g/mol. The van der Waals surface area contributed by atoms with Gasteiger partial charge in [-0.05, 0) is 43.7 Å². The maximum Gasteiger partial charge on any atom is 0.119 e. The Bertz CT molecular complexity index is 794. The maximum atomic E-state index is 9.61. The van der Waals surface area contributed by atoms with Crippen LogP contribution in [0.25, 0.3) is 16.9 Å². The molecular formula is C18H19N3O2. The molecule has 0 spiro atoms. The first-order valence-corrected chi connectivity index (χ1v) is 7.59. The minimum Gasteiger partial charge on any atom is -0.494 e. The van der Waals surface area contributed by atoms with Crippen molar-refractivity contribution < 1.29 is 9.84 Å². The van der Waals surface area contributed by atoms with Crippen LogP contribution in [0.15, 0.2) is 48.5 Å². The largest absolute Gasteiger partial charge is 0.494 e. The van der Waals surface area contributed by atoms with Crippen LogP contribution in [0.4, 0.5) is 0 Å². The number of aliphatic hydroxyl groups is 1. The van der Waals surface area contributed by atoms with E-state index in [1.807, 2.05) is 62.4 Å². The molecule has 0 radical (unpaired) electrons. The molecule has 0 aliphatic carbocycles. The maximum absolute atomic E-state index is 9.61. The molecule has 0 aliphatic rings. The molecule has 5 nitrogen and oxygen atoms in total. The van der Waals surface area contributed by atoms with Gasteiger partial charge in [0.2, 0.25) is 0 Å². The Labute approximate surface area is 135 Å². The first kappa shape index (κ1) is 15.2. The van der Waals surface area contributed by atoms with Crippen LogP contribution in [0.3, 0.4) is 0 Å². The summed E-state index contributed by atoms with van der Waals surface area (Å²) in [6.07, 6.45) is 0. The zero-order valence-electron chi connectivity index (χ0n) is 13.2. The summed E-state index contributed by atoms with van der Waals surface area (Å²) in [4.78, 5) is 0. The number of aryl methyl sites for hydroxylation is 1. The quantitative estimate of drug-likeness (QED) is 0.786. The third kappa shape index (κ3) is 2.96. The van der Waals surface area contributed by atoms with Gasteiger partial charge in [-0.3, -0.25) is 0 Å². The van der Waals surface area contributed by atoms with Gasteiger partial charge in [-0.1, -0.05) is 29.5 Å². The summed E-state index contributed by atoms with van der Waals surface area (Å²) in [5.74, 6) is 0.816. The number of aliphatic hydroxyl groups excluding tert-OH is 1. The Morgan fingerprint density at radius 2 is 1.83 bits per heavy atom. The van der Waals surface area contributed by atoms with Crippen molar-refractivity contribution in [3.63, 3.8) is 0 Å². The molecule has 3 aromatic rings. The molecule has 1 N–H and O–H groups in total. The second-order valence-electron chi connectivity index (χ2n) is 5.20. The standard InChI is InChI=1S/C18H19N3O2/c1-3-23-15-10-8-14(9-11-15)21-18(17(12-22)19-20-21)16-7-5-4-6-13(16)2/h4-11,22H,3,12H2,1-2H3. The van der Waals surface area contributed by atoms with Crippen LogP contribution in [0, 0.1) is 6.92 Å². The predicted molar refractivity (Wildman–Crippen MR) is 88.6 cm³/mol. The summed E-state index contributed by atoms with van der Waals surface area (Å²) in [5.41, 5.74) is 4.37. The van der Waals surface area contributed by atoms with Crippen LogP contribution in [0.5, 0.6) is 5.75 Å². The van der Waals surface area contributed by atoms with E-state index in [0.29, 0.717) is 12.3 Å². The highest BCUT2D eigenvalue weighted by atomic mass is 16.5. The zero-order valence-corrected chi connectivity index (χ0v) is 13.2. The third-order valence-electron chi connectivity index (χ3n) is 3.68. The lowest BCUT2D eigenvalue weighted by Crippen LogP contribution is -2.01. The summed E-state index contributed by atoms with van der Waals surface area (Å²) >= 11 is 0. The van der Waals surface area contributed by atoms with Gasteiger partial charge in [-0.15, -0.1) is 5.10 Å². The summed E-state index contributed by atoms with van der Waals surface area (Å²) in [6, 6.07) is 15.7. The second kappa shape index (κ2) is 6.62. The van der Waals surface area contributed by atoms with E-state index in [0.717, 1.165) is 28.3 Å². The highest BCUT2D eigenvalue weighted by Gasteiger charge is 2.17. The van der Waals surface area contributed by atoms with Gasteiger partial charge >= 0.3 is 0 Å². The molecule has 0 atom stereocenters. The Kier molecular flexibility index (Phi) is 4.39. The fraction of sp³-hybridized carbons (Fsp3) is 0.222. The van der Waals surface area contributed by atoms with E-state index in [1.165, 1.54) is 0 Å². The van der Waals surface area contributed by atoms with Crippen molar-refractivity contribution in [2.45, 2.75) is 20.5 Å². The van der Waals surface area contributed by atoms with Gasteiger partial charge in [0, 0.05) is 5.56 Å². The number of rotatable bonds is 5. The van der Waals surface area contributed by atoms with E-state index in [2.05, 4.69) is 10.3 Å². The lowest BCUT2D eigenvalue weighted by Gasteiger charge is -2.11. The van der Waals surface area contributed by atoms with E-state index >= 15 is 0 Å². The monoisotopic (exact) mass is 309 g/mol. The summed E-state index contributed by atoms with van der Waals surface area (Å²) in [6.45, 7) is 4.47. The molecule has 0 saturated heterocycles. The average Bonchev–Trinajstić information content (AvgIpc) is 3.00. The van der Waals surface area contributed by atoms with Crippen molar-refractivity contribution in [3.8, 4) is 22.7 Å². The molecule has 118 valence electrons. The van der Waals surface area contributed by atoms with Crippen LogP contribution >= 0.6 is 0 Å². The molecule has 23 heavy (non-hydrogen) atoms. The Morgan fingerprint density at radius 3 is 2.48 bits per heavy atom. The van der Waals surface area contributed by atoms with Gasteiger partial charge in [0.1, 0.15) is 17.1 Å². The Balaban J connectivity index is 2.10. The number of nitrogens with zero attached hydrogens (tertiary/aromatic N) is 3. The minimum atomic E-state index is -0.152. The van der Waals surface area contributed by atoms with Gasteiger partial charge in [0.15, 0.2) is 0 Å². The van der Waals surface area contributed by atoms with Gasteiger partial charge in [0.05, 0.1) is 18.9 Å². The smallest absolute Gasteiger partial charge is 0.119 e. The number of hydrogen-bond donors (Lipinski definition) is 1. The predicted octanol–water partition coefficient (Wildman–Crippen LogP) is 3.13. The molecule has 0 bridgehead atoms. The van der Waals surface area contributed by atoms with Crippen molar-refractivity contribution in [1.82, 2.24) is 15.0 Å². The molecule has 1 heterocycles. The van der Waals surface area contributed by atoms with Gasteiger partial charge in [-0.2, -0.15) is 0 Å². The number of ether oxygens (including phenoxy) is 1. The highest BCUT2D eigenvalue weighted by molar-refractivity contribution is 5.67.